The lowest BCUT2D eigenvalue weighted by Crippen LogP contribution is -2.38. The van der Waals surface area contributed by atoms with Crippen molar-refractivity contribution < 1.29 is 9.13 Å². The van der Waals surface area contributed by atoms with Gasteiger partial charge in [-0.2, -0.15) is 0 Å². The van der Waals surface area contributed by atoms with Gasteiger partial charge < -0.3 is 20.4 Å². The van der Waals surface area contributed by atoms with Gasteiger partial charge >= 0.3 is 0 Å². The molecule has 0 aliphatic carbocycles. The number of fused-ring (bicyclic) bond motifs is 1. The van der Waals surface area contributed by atoms with E-state index in [0.29, 0.717) is 12.4 Å². The SMILES string of the molecule is CCNC(=NCc1ccc(OC)nc1)NCCc1c[nH]c2cc(F)ccc12.I. The van der Waals surface area contributed by atoms with Crippen molar-refractivity contribution in [3.05, 3.63) is 59.7 Å². The maximum Gasteiger partial charge on any atom is 0.212 e. The minimum Gasteiger partial charge on any atom is -0.481 e. The molecule has 0 saturated heterocycles. The fourth-order valence-electron chi connectivity index (χ4n) is 2.82. The number of aliphatic imine (C=N–C) groups is 1. The van der Waals surface area contributed by atoms with Crippen molar-refractivity contribution in [2.75, 3.05) is 20.2 Å². The monoisotopic (exact) mass is 497 g/mol. The van der Waals surface area contributed by atoms with Crippen LogP contribution >= 0.6 is 24.0 Å². The number of methoxy groups -OCH3 is 1. The number of pyridine rings is 1. The summed E-state index contributed by atoms with van der Waals surface area (Å²) in [6, 6.07) is 8.59. The highest BCUT2D eigenvalue weighted by molar-refractivity contribution is 14.0. The van der Waals surface area contributed by atoms with Crippen LogP contribution in [-0.2, 0) is 13.0 Å². The zero-order valence-corrected chi connectivity index (χ0v) is 18.3. The number of aromatic amines is 1. The molecule has 3 aromatic rings. The van der Waals surface area contributed by atoms with Crippen molar-refractivity contribution in [1.29, 1.82) is 0 Å². The smallest absolute Gasteiger partial charge is 0.212 e. The van der Waals surface area contributed by atoms with Gasteiger partial charge in [0.15, 0.2) is 5.96 Å². The summed E-state index contributed by atoms with van der Waals surface area (Å²) in [5.74, 6) is 1.11. The van der Waals surface area contributed by atoms with Crippen LogP contribution in [0.5, 0.6) is 5.88 Å². The Hall–Kier alpha value is -2.36. The molecule has 0 spiro atoms. The normalized spacial score (nSPS) is 11.2. The molecule has 0 radical (unpaired) electrons. The number of ether oxygens (including phenoxy) is 1. The lowest BCUT2D eigenvalue weighted by atomic mass is 10.1. The van der Waals surface area contributed by atoms with E-state index >= 15 is 0 Å². The molecule has 0 atom stereocenters. The number of aromatic nitrogens is 2. The third kappa shape index (κ3) is 5.82. The zero-order chi connectivity index (χ0) is 19.1. The lowest BCUT2D eigenvalue weighted by Gasteiger charge is -2.11. The van der Waals surface area contributed by atoms with Gasteiger partial charge in [0, 0.05) is 42.5 Å². The van der Waals surface area contributed by atoms with Gasteiger partial charge in [0.05, 0.1) is 13.7 Å². The van der Waals surface area contributed by atoms with Crippen molar-refractivity contribution in [1.82, 2.24) is 20.6 Å². The third-order valence-corrected chi connectivity index (χ3v) is 4.19. The molecule has 0 amide bonds. The van der Waals surface area contributed by atoms with Crippen LogP contribution in [0.4, 0.5) is 4.39 Å². The standard InChI is InChI=1S/C20H24FN5O.HI/c1-3-22-20(26-12-14-4-7-19(27-2)25-11-14)23-9-8-15-13-24-18-10-16(21)5-6-17(15)18;/h4-7,10-11,13,24H,3,8-9,12H2,1-2H3,(H2,22,23,26);1H. The molecule has 0 aliphatic rings. The maximum atomic E-state index is 13.3. The second-order valence-corrected chi connectivity index (χ2v) is 6.08. The average molecular weight is 497 g/mol. The summed E-state index contributed by atoms with van der Waals surface area (Å²) in [7, 11) is 1.59. The summed E-state index contributed by atoms with van der Waals surface area (Å²) >= 11 is 0. The Labute approximate surface area is 181 Å². The Morgan fingerprint density at radius 1 is 1.25 bits per heavy atom. The Bertz CT molecular complexity index is 911. The fraction of sp³-hybridized carbons (Fsp3) is 0.300. The highest BCUT2D eigenvalue weighted by Gasteiger charge is 2.05. The molecule has 28 heavy (non-hydrogen) atoms. The van der Waals surface area contributed by atoms with Crippen LogP contribution in [0.15, 0.2) is 47.7 Å². The van der Waals surface area contributed by atoms with Gasteiger partial charge in [-0.25, -0.2) is 14.4 Å². The first-order chi connectivity index (χ1) is 13.2. The second kappa shape index (κ2) is 10.8. The topological polar surface area (TPSA) is 74.3 Å². The summed E-state index contributed by atoms with van der Waals surface area (Å²) in [6.07, 6.45) is 4.50. The van der Waals surface area contributed by atoms with E-state index in [9.17, 15) is 4.39 Å². The van der Waals surface area contributed by atoms with E-state index in [1.807, 2.05) is 31.3 Å². The van der Waals surface area contributed by atoms with Crippen LogP contribution in [0.25, 0.3) is 10.9 Å². The van der Waals surface area contributed by atoms with E-state index in [1.165, 1.54) is 12.1 Å². The molecule has 1 aromatic carbocycles. The molecular weight excluding hydrogens is 472 g/mol. The van der Waals surface area contributed by atoms with E-state index < -0.39 is 0 Å². The van der Waals surface area contributed by atoms with Crippen LogP contribution in [0.2, 0.25) is 0 Å². The van der Waals surface area contributed by atoms with E-state index in [-0.39, 0.29) is 29.8 Å². The fourth-order valence-corrected chi connectivity index (χ4v) is 2.82. The Morgan fingerprint density at radius 3 is 2.82 bits per heavy atom. The lowest BCUT2D eigenvalue weighted by molar-refractivity contribution is 0.397. The predicted molar refractivity (Wildman–Crippen MR) is 121 cm³/mol. The van der Waals surface area contributed by atoms with Crippen molar-refractivity contribution in [3.8, 4) is 5.88 Å². The zero-order valence-electron chi connectivity index (χ0n) is 16.0. The second-order valence-electron chi connectivity index (χ2n) is 6.08. The van der Waals surface area contributed by atoms with Gasteiger partial charge in [-0.1, -0.05) is 6.07 Å². The van der Waals surface area contributed by atoms with Crippen LogP contribution in [0.1, 0.15) is 18.1 Å². The molecule has 0 fully saturated rings. The van der Waals surface area contributed by atoms with Gasteiger partial charge in [0.1, 0.15) is 5.82 Å². The van der Waals surface area contributed by atoms with Gasteiger partial charge in [-0.15, -0.1) is 24.0 Å². The molecule has 0 unspecified atom stereocenters. The summed E-state index contributed by atoms with van der Waals surface area (Å²) in [4.78, 5) is 11.9. The molecule has 0 aliphatic heterocycles. The molecule has 0 bridgehead atoms. The molecule has 3 rings (SSSR count). The van der Waals surface area contributed by atoms with Crippen LogP contribution in [0, 0.1) is 5.82 Å². The molecule has 6 nitrogen and oxygen atoms in total. The van der Waals surface area contributed by atoms with Gasteiger partial charge in [0.2, 0.25) is 5.88 Å². The van der Waals surface area contributed by atoms with Crippen LogP contribution < -0.4 is 15.4 Å². The third-order valence-electron chi connectivity index (χ3n) is 4.19. The summed E-state index contributed by atoms with van der Waals surface area (Å²) in [5.41, 5.74) is 2.97. The Morgan fingerprint density at radius 2 is 2.11 bits per heavy atom. The predicted octanol–water partition coefficient (Wildman–Crippen LogP) is 3.63. The number of halogens is 2. The van der Waals surface area contributed by atoms with Crippen LogP contribution in [0.3, 0.4) is 0 Å². The Balaban J connectivity index is 0.00000280. The summed E-state index contributed by atoms with van der Waals surface area (Å²) < 4.78 is 18.4. The first kappa shape index (κ1) is 21.9. The highest BCUT2D eigenvalue weighted by atomic mass is 127. The van der Waals surface area contributed by atoms with E-state index in [0.717, 1.165) is 47.5 Å². The largest absolute Gasteiger partial charge is 0.481 e. The molecule has 2 aromatic heterocycles. The molecule has 3 N–H and O–H groups in total. The van der Waals surface area contributed by atoms with E-state index in [1.54, 1.807) is 13.3 Å². The first-order valence-electron chi connectivity index (χ1n) is 8.96. The summed E-state index contributed by atoms with van der Waals surface area (Å²) in [6.45, 7) is 4.05. The van der Waals surface area contributed by atoms with Gasteiger partial charge in [0.25, 0.3) is 0 Å². The molecule has 2 heterocycles. The van der Waals surface area contributed by atoms with Gasteiger partial charge in [-0.3, -0.25) is 0 Å². The van der Waals surface area contributed by atoms with Crippen molar-refractivity contribution in [2.45, 2.75) is 19.9 Å². The van der Waals surface area contributed by atoms with E-state index in [2.05, 4.69) is 25.6 Å². The van der Waals surface area contributed by atoms with Crippen molar-refractivity contribution in [3.63, 3.8) is 0 Å². The number of nitrogens with zero attached hydrogens (tertiary/aromatic N) is 2. The maximum absolute atomic E-state index is 13.3. The minimum atomic E-state index is -0.233. The van der Waals surface area contributed by atoms with Crippen molar-refractivity contribution >= 4 is 40.8 Å². The number of hydrogen-bond donors (Lipinski definition) is 3. The van der Waals surface area contributed by atoms with Crippen LogP contribution in [-0.4, -0.2) is 36.1 Å². The van der Waals surface area contributed by atoms with Gasteiger partial charge in [-0.05, 0) is 42.7 Å². The molecular formula is C20H25FIN5O. The number of nitrogens with one attached hydrogen (secondary N) is 3. The van der Waals surface area contributed by atoms with E-state index in [4.69, 9.17) is 4.74 Å². The molecule has 150 valence electrons. The number of H-pyrrole nitrogens is 1. The number of hydrogen-bond acceptors (Lipinski definition) is 3. The summed E-state index contributed by atoms with van der Waals surface area (Å²) in [5, 5.41) is 7.62. The quantitative estimate of drug-likeness (QED) is 0.265. The Kier molecular flexibility index (Phi) is 8.49. The number of benzene rings is 1. The number of guanidine groups is 1. The first-order valence-corrected chi connectivity index (χ1v) is 8.96. The number of rotatable bonds is 7. The molecule has 8 heteroatoms. The molecule has 0 saturated carbocycles. The minimum absolute atomic E-state index is 0. The highest BCUT2D eigenvalue weighted by Crippen LogP contribution is 2.19. The average Bonchev–Trinajstić information content (AvgIpc) is 3.08. The van der Waals surface area contributed by atoms with Crippen molar-refractivity contribution in [2.24, 2.45) is 4.99 Å².